The van der Waals surface area contributed by atoms with E-state index in [-0.39, 0.29) is 11.3 Å². The predicted molar refractivity (Wildman–Crippen MR) is 122 cm³/mol. The van der Waals surface area contributed by atoms with Gasteiger partial charge in [-0.1, -0.05) is 36.2 Å². The van der Waals surface area contributed by atoms with Gasteiger partial charge in [0.2, 0.25) is 0 Å². The maximum atomic E-state index is 12.7. The summed E-state index contributed by atoms with van der Waals surface area (Å²) in [6, 6.07) is 12.8. The molecule has 0 aliphatic carbocycles. The number of nitrogens with one attached hydrogen (secondary N) is 1. The minimum atomic E-state index is -0.397. The first-order chi connectivity index (χ1) is 14.3. The molecule has 30 heavy (non-hydrogen) atoms. The van der Waals surface area contributed by atoms with E-state index in [1.807, 2.05) is 24.3 Å². The molecule has 2 aromatic rings. The molecule has 2 aliphatic heterocycles. The molecule has 0 aromatic heterocycles. The molecule has 2 aliphatic rings. The first-order valence-electron chi connectivity index (χ1n) is 9.99. The van der Waals surface area contributed by atoms with E-state index in [1.165, 1.54) is 19.9 Å². The lowest BCUT2D eigenvalue weighted by Crippen LogP contribution is -2.32. The van der Waals surface area contributed by atoms with E-state index in [0.29, 0.717) is 15.6 Å². The minimum absolute atomic E-state index is 0.214. The summed E-state index contributed by atoms with van der Waals surface area (Å²) in [6.07, 6.45) is 2.39. The molecule has 0 spiro atoms. The molecule has 2 amide bonds. The molecule has 156 valence electrons. The van der Waals surface area contributed by atoms with Gasteiger partial charge in [-0.05, 0) is 55.2 Å². The fourth-order valence-electron chi connectivity index (χ4n) is 3.87. The zero-order chi connectivity index (χ0) is 21.4. The fourth-order valence-corrected chi connectivity index (χ4v) is 4.37. The molecule has 0 atom stereocenters. The second-order valence-corrected chi connectivity index (χ2v) is 8.73. The van der Waals surface area contributed by atoms with Crippen molar-refractivity contribution in [2.45, 2.75) is 19.8 Å². The van der Waals surface area contributed by atoms with Crippen molar-refractivity contribution in [3.05, 3.63) is 63.8 Å². The predicted octanol–water partition coefficient (Wildman–Crippen LogP) is 5.05. The fraction of sp³-hybridized carbons (Fsp3) is 0.304. The van der Waals surface area contributed by atoms with Gasteiger partial charge in [-0.25, -0.2) is 0 Å². The molecule has 7 heteroatoms. The van der Waals surface area contributed by atoms with Crippen molar-refractivity contribution in [3.8, 4) is 0 Å². The second-order valence-electron chi connectivity index (χ2n) is 7.88. The summed E-state index contributed by atoms with van der Waals surface area (Å²) in [7, 11) is 1.46. The Kier molecular flexibility index (Phi) is 5.76. The molecule has 1 fully saturated rings. The molecule has 2 heterocycles. The summed E-state index contributed by atoms with van der Waals surface area (Å²) in [4.78, 5) is 28.9. The van der Waals surface area contributed by atoms with E-state index in [0.717, 1.165) is 35.3 Å². The number of imide groups is 1. The number of carbonyl (C=O) groups is 2. The second kappa shape index (κ2) is 8.32. The van der Waals surface area contributed by atoms with Crippen molar-refractivity contribution >= 4 is 52.0 Å². The quantitative estimate of drug-likeness (QED) is 0.671. The third-order valence-electron chi connectivity index (χ3n) is 5.77. The van der Waals surface area contributed by atoms with E-state index >= 15 is 0 Å². The Morgan fingerprint density at radius 3 is 2.27 bits per heavy atom. The van der Waals surface area contributed by atoms with Crippen molar-refractivity contribution in [3.63, 3.8) is 0 Å². The van der Waals surface area contributed by atoms with Gasteiger partial charge < -0.3 is 10.2 Å². The van der Waals surface area contributed by atoms with Gasteiger partial charge in [-0.3, -0.25) is 14.5 Å². The Hall–Kier alpha value is -2.50. The average molecular weight is 444 g/mol. The molecule has 0 bridgehead atoms. The van der Waals surface area contributed by atoms with Gasteiger partial charge in [0.25, 0.3) is 11.8 Å². The van der Waals surface area contributed by atoms with Crippen LogP contribution >= 0.6 is 23.2 Å². The van der Waals surface area contributed by atoms with Crippen LogP contribution in [-0.2, 0) is 9.59 Å². The number of benzene rings is 2. The van der Waals surface area contributed by atoms with Gasteiger partial charge in [0.15, 0.2) is 0 Å². The highest BCUT2D eigenvalue weighted by Crippen LogP contribution is 2.35. The van der Waals surface area contributed by atoms with E-state index in [4.69, 9.17) is 23.2 Å². The Labute approximate surface area is 186 Å². The van der Waals surface area contributed by atoms with Crippen molar-refractivity contribution in [1.82, 2.24) is 4.90 Å². The number of nitrogens with zero attached hydrogens (tertiary/aromatic N) is 2. The number of halogens is 2. The number of amides is 2. The lowest BCUT2D eigenvalue weighted by Gasteiger charge is -2.32. The van der Waals surface area contributed by atoms with Gasteiger partial charge in [-0.2, -0.15) is 0 Å². The summed E-state index contributed by atoms with van der Waals surface area (Å²) in [5.41, 5.74) is 2.83. The van der Waals surface area contributed by atoms with Crippen molar-refractivity contribution in [1.29, 1.82) is 0 Å². The van der Waals surface area contributed by atoms with Crippen LogP contribution < -0.4 is 10.2 Å². The van der Waals surface area contributed by atoms with Crippen LogP contribution in [0.3, 0.4) is 0 Å². The van der Waals surface area contributed by atoms with E-state index in [1.54, 1.807) is 18.2 Å². The molecule has 0 saturated carbocycles. The van der Waals surface area contributed by atoms with E-state index in [2.05, 4.69) is 17.1 Å². The lowest BCUT2D eigenvalue weighted by atomic mass is 9.99. The van der Waals surface area contributed by atoms with Crippen LogP contribution in [0.4, 0.5) is 11.4 Å². The molecular formula is C23H23Cl2N3O2. The summed E-state index contributed by atoms with van der Waals surface area (Å²) < 4.78 is 0. The van der Waals surface area contributed by atoms with Crippen molar-refractivity contribution < 1.29 is 9.59 Å². The molecule has 1 N–H and O–H groups in total. The topological polar surface area (TPSA) is 52.7 Å². The zero-order valence-electron chi connectivity index (χ0n) is 16.9. The van der Waals surface area contributed by atoms with Crippen LogP contribution in [0.5, 0.6) is 0 Å². The summed E-state index contributed by atoms with van der Waals surface area (Å²) in [5.74, 6) is -0.0176. The van der Waals surface area contributed by atoms with Crippen molar-refractivity contribution in [2.75, 3.05) is 30.4 Å². The van der Waals surface area contributed by atoms with Gasteiger partial charge >= 0.3 is 0 Å². The standard InChI is InChI=1S/C23H23Cl2N3O2/c1-14-9-11-28(12-10-14)17-6-4-16(5-7-17)26-21-20(22(29)27(2)23(21)30)18-8-3-15(24)13-19(18)25/h3-8,13-14,26H,9-12H2,1-2H3. The third kappa shape index (κ3) is 3.92. The largest absolute Gasteiger partial charge is 0.372 e. The van der Waals surface area contributed by atoms with Gasteiger partial charge in [0, 0.05) is 42.1 Å². The highest BCUT2D eigenvalue weighted by molar-refractivity contribution is 6.41. The first-order valence-corrected chi connectivity index (χ1v) is 10.7. The van der Waals surface area contributed by atoms with Gasteiger partial charge in [0.1, 0.15) is 5.70 Å². The number of rotatable bonds is 4. The highest BCUT2D eigenvalue weighted by atomic mass is 35.5. The highest BCUT2D eigenvalue weighted by Gasteiger charge is 2.37. The number of piperidine rings is 1. The third-order valence-corrected chi connectivity index (χ3v) is 6.32. The van der Waals surface area contributed by atoms with Crippen LogP contribution in [0.25, 0.3) is 5.57 Å². The van der Waals surface area contributed by atoms with Gasteiger partial charge in [0.05, 0.1) is 10.6 Å². The Morgan fingerprint density at radius 2 is 1.63 bits per heavy atom. The smallest absolute Gasteiger partial charge is 0.277 e. The minimum Gasteiger partial charge on any atom is -0.372 e. The Bertz CT molecular complexity index is 1030. The van der Waals surface area contributed by atoms with Gasteiger partial charge in [-0.15, -0.1) is 0 Å². The van der Waals surface area contributed by atoms with Crippen LogP contribution in [-0.4, -0.2) is 36.9 Å². The number of likely N-dealkylation sites (N-methyl/N-ethyl adjacent to an activating group) is 1. The normalized spacial score (nSPS) is 17.9. The van der Waals surface area contributed by atoms with E-state index < -0.39 is 11.8 Å². The molecule has 2 aromatic carbocycles. The summed E-state index contributed by atoms with van der Waals surface area (Å²) in [5, 5.41) is 3.92. The van der Waals surface area contributed by atoms with Crippen LogP contribution in [0.15, 0.2) is 48.2 Å². The molecule has 5 nitrogen and oxygen atoms in total. The summed E-state index contributed by atoms with van der Waals surface area (Å²) >= 11 is 12.3. The molecule has 4 rings (SSSR count). The van der Waals surface area contributed by atoms with Crippen LogP contribution in [0.1, 0.15) is 25.3 Å². The van der Waals surface area contributed by atoms with Crippen molar-refractivity contribution in [2.24, 2.45) is 5.92 Å². The number of hydrogen-bond acceptors (Lipinski definition) is 4. The van der Waals surface area contributed by atoms with Crippen LogP contribution in [0.2, 0.25) is 10.0 Å². The first kappa shape index (κ1) is 20.8. The monoisotopic (exact) mass is 443 g/mol. The summed E-state index contributed by atoms with van der Waals surface area (Å²) in [6.45, 7) is 4.39. The zero-order valence-corrected chi connectivity index (χ0v) is 18.4. The maximum Gasteiger partial charge on any atom is 0.277 e. The number of anilines is 2. The SMILES string of the molecule is CC1CCN(c2ccc(NC3=C(c4ccc(Cl)cc4Cl)C(=O)N(C)C3=O)cc2)CC1. The number of carbonyl (C=O) groups excluding carboxylic acids is 2. The number of hydrogen-bond donors (Lipinski definition) is 1. The Balaban J connectivity index is 1.63. The average Bonchev–Trinajstić information content (AvgIpc) is 2.93. The van der Waals surface area contributed by atoms with E-state index in [9.17, 15) is 9.59 Å². The van der Waals surface area contributed by atoms with Crippen LogP contribution in [0, 0.1) is 5.92 Å². The molecular weight excluding hydrogens is 421 g/mol. The Morgan fingerprint density at radius 1 is 0.967 bits per heavy atom. The molecule has 0 radical (unpaired) electrons. The molecule has 0 unspecified atom stereocenters. The molecule has 1 saturated heterocycles. The lowest BCUT2D eigenvalue weighted by molar-refractivity contribution is -0.135. The maximum absolute atomic E-state index is 12.7.